The van der Waals surface area contributed by atoms with Crippen LogP contribution in [0.3, 0.4) is 0 Å². The number of carbonyl (C=O) groups excluding carboxylic acids is 1. The fourth-order valence-electron chi connectivity index (χ4n) is 3.60. The summed E-state index contributed by atoms with van der Waals surface area (Å²) in [6.07, 6.45) is -1.22. The first-order chi connectivity index (χ1) is 16.0. The van der Waals surface area contributed by atoms with Crippen LogP contribution >= 0.6 is 0 Å². The van der Waals surface area contributed by atoms with Crippen molar-refractivity contribution in [3.05, 3.63) is 83.9 Å². The molecule has 1 aliphatic heterocycles. The second-order valence-corrected chi connectivity index (χ2v) is 10.9. The SMILES string of the molecule is CC(C)(C)c1ccc2c(c1)N(S(=O)(=O)c1ccccc1)C[C@@H](C(=O)Nc1ccc(F)c(F)c1)O2. The van der Waals surface area contributed by atoms with Crippen LogP contribution in [-0.4, -0.2) is 27.0 Å². The van der Waals surface area contributed by atoms with Crippen molar-refractivity contribution in [1.29, 1.82) is 0 Å². The van der Waals surface area contributed by atoms with Gasteiger partial charge in [0.15, 0.2) is 17.7 Å². The van der Waals surface area contributed by atoms with Gasteiger partial charge in [0.05, 0.1) is 17.1 Å². The lowest BCUT2D eigenvalue weighted by atomic mass is 9.86. The summed E-state index contributed by atoms with van der Waals surface area (Å²) in [6.45, 7) is 5.72. The zero-order valence-electron chi connectivity index (χ0n) is 18.9. The molecule has 0 spiro atoms. The third-order valence-corrected chi connectivity index (χ3v) is 7.30. The first kappa shape index (κ1) is 23.7. The number of anilines is 2. The lowest BCUT2D eigenvalue weighted by Gasteiger charge is -2.36. The zero-order chi connectivity index (χ0) is 24.7. The summed E-state index contributed by atoms with van der Waals surface area (Å²) < 4.78 is 60.9. The molecule has 0 saturated carbocycles. The van der Waals surface area contributed by atoms with Crippen LogP contribution in [0.25, 0.3) is 0 Å². The average molecular weight is 487 g/mol. The standard InChI is InChI=1S/C25H24F2N2O4S/c1-25(2,3)16-9-12-22-21(13-16)29(34(31,32)18-7-5-4-6-8-18)15-23(33-22)24(30)28-17-10-11-19(26)20(27)14-17/h4-14,23H,15H2,1-3H3,(H,28,30)/t23-/m0/s1. The number of hydrogen-bond donors (Lipinski definition) is 1. The van der Waals surface area contributed by atoms with Crippen LogP contribution in [0.1, 0.15) is 26.3 Å². The second kappa shape index (κ2) is 8.72. The number of halogens is 2. The van der Waals surface area contributed by atoms with E-state index < -0.39 is 33.7 Å². The molecule has 0 saturated heterocycles. The number of sulfonamides is 1. The van der Waals surface area contributed by atoms with Crippen molar-refractivity contribution < 1.29 is 26.7 Å². The molecule has 4 rings (SSSR count). The van der Waals surface area contributed by atoms with Gasteiger partial charge in [-0.15, -0.1) is 0 Å². The number of ether oxygens (including phenoxy) is 1. The molecule has 178 valence electrons. The quantitative estimate of drug-likeness (QED) is 0.572. The highest BCUT2D eigenvalue weighted by Gasteiger charge is 2.38. The summed E-state index contributed by atoms with van der Waals surface area (Å²) in [5, 5.41) is 2.47. The van der Waals surface area contributed by atoms with Gasteiger partial charge in [-0.1, -0.05) is 45.0 Å². The van der Waals surface area contributed by atoms with E-state index in [-0.39, 0.29) is 28.3 Å². The predicted molar refractivity (Wildman–Crippen MR) is 126 cm³/mol. The lowest BCUT2D eigenvalue weighted by Crippen LogP contribution is -2.49. The maximum Gasteiger partial charge on any atom is 0.267 e. The van der Waals surface area contributed by atoms with E-state index in [1.807, 2.05) is 26.8 Å². The molecule has 0 radical (unpaired) electrons. The molecule has 1 aliphatic rings. The molecule has 1 N–H and O–H groups in total. The van der Waals surface area contributed by atoms with Gasteiger partial charge in [-0.25, -0.2) is 17.2 Å². The molecule has 6 nitrogen and oxygen atoms in total. The summed E-state index contributed by atoms with van der Waals surface area (Å²) >= 11 is 0. The maximum absolute atomic E-state index is 13.6. The van der Waals surface area contributed by atoms with Gasteiger partial charge >= 0.3 is 0 Å². The molecule has 3 aromatic rings. The molecule has 0 aliphatic carbocycles. The molecule has 0 unspecified atom stereocenters. The van der Waals surface area contributed by atoms with Gasteiger partial charge in [-0.05, 0) is 47.4 Å². The number of nitrogens with one attached hydrogen (secondary N) is 1. The number of benzene rings is 3. The fourth-order valence-corrected chi connectivity index (χ4v) is 5.09. The van der Waals surface area contributed by atoms with Gasteiger partial charge in [0.2, 0.25) is 0 Å². The minimum Gasteiger partial charge on any atom is -0.476 e. The van der Waals surface area contributed by atoms with E-state index >= 15 is 0 Å². The van der Waals surface area contributed by atoms with E-state index in [4.69, 9.17) is 4.74 Å². The molecule has 3 aromatic carbocycles. The largest absolute Gasteiger partial charge is 0.476 e. The molecule has 0 bridgehead atoms. The Bertz CT molecular complexity index is 1340. The Morgan fingerprint density at radius 3 is 2.35 bits per heavy atom. The predicted octanol–water partition coefficient (Wildman–Crippen LogP) is 4.86. The summed E-state index contributed by atoms with van der Waals surface area (Å²) in [4.78, 5) is 13.0. The van der Waals surface area contributed by atoms with Gasteiger partial charge in [-0.2, -0.15) is 0 Å². The Balaban J connectivity index is 1.73. The Morgan fingerprint density at radius 2 is 1.71 bits per heavy atom. The highest BCUT2D eigenvalue weighted by Crippen LogP contribution is 2.40. The van der Waals surface area contributed by atoms with Crippen molar-refractivity contribution in [2.24, 2.45) is 0 Å². The minimum absolute atomic E-state index is 0.0267. The van der Waals surface area contributed by atoms with Gasteiger partial charge in [0.25, 0.3) is 15.9 Å². The Labute approximate surface area is 197 Å². The monoisotopic (exact) mass is 486 g/mol. The van der Waals surface area contributed by atoms with E-state index in [9.17, 15) is 22.0 Å². The molecule has 1 amide bonds. The van der Waals surface area contributed by atoms with Crippen molar-refractivity contribution in [2.75, 3.05) is 16.2 Å². The second-order valence-electron chi connectivity index (χ2n) is 9.01. The Morgan fingerprint density at radius 1 is 1.00 bits per heavy atom. The number of hydrogen-bond acceptors (Lipinski definition) is 4. The first-order valence-electron chi connectivity index (χ1n) is 10.6. The van der Waals surface area contributed by atoms with Gasteiger partial charge in [-0.3, -0.25) is 9.10 Å². The molecule has 0 aromatic heterocycles. The van der Waals surface area contributed by atoms with Gasteiger partial charge in [0.1, 0.15) is 5.75 Å². The van der Waals surface area contributed by atoms with Crippen molar-refractivity contribution in [2.45, 2.75) is 37.2 Å². The van der Waals surface area contributed by atoms with Crippen LogP contribution < -0.4 is 14.4 Å². The smallest absolute Gasteiger partial charge is 0.267 e. The topological polar surface area (TPSA) is 75.7 Å². The van der Waals surface area contributed by atoms with E-state index in [1.165, 1.54) is 18.2 Å². The molecule has 0 fully saturated rings. The maximum atomic E-state index is 13.6. The molecule has 1 atom stereocenters. The highest BCUT2D eigenvalue weighted by molar-refractivity contribution is 7.92. The van der Waals surface area contributed by atoms with Gasteiger partial charge in [0, 0.05) is 11.8 Å². The minimum atomic E-state index is -4.03. The molecular formula is C25H24F2N2O4S. The van der Waals surface area contributed by atoms with E-state index in [1.54, 1.807) is 30.3 Å². The van der Waals surface area contributed by atoms with Crippen molar-refractivity contribution in [3.63, 3.8) is 0 Å². The zero-order valence-corrected chi connectivity index (χ0v) is 19.7. The number of carbonyl (C=O) groups is 1. The highest BCUT2D eigenvalue weighted by atomic mass is 32.2. The summed E-state index contributed by atoms with van der Waals surface area (Å²) in [5.74, 6) is -2.62. The molecule has 9 heteroatoms. The number of nitrogens with zero attached hydrogens (tertiary/aromatic N) is 1. The van der Waals surface area contributed by atoms with Crippen LogP contribution in [0.2, 0.25) is 0 Å². The van der Waals surface area contributed by atoms with Gasteiger partial charge < -0.3 is 10.1 Å². The average Bonchev–Trinajstić information content (AvgIpc) is 2.80. The van der Waals surface area contributed by atoms with Crippen LogP contribution in [0.15, 0.2) is 71.6 Å². The van der Waals surface area contributed by atoms with E-state index in [2.05, 4.69) is 5.32 Å². The third-order valence-electron chi connectivity index (χ3n) is 5.51. The Hall–Kier alpha value is -3.46. The summed E-state index contributed by atoms with van der Waals surface area (Å²) in [6, 6.07) is 16.1. The normalized spacial score (nSPS) is 15.9. The van der Waals surface area contributed by atoms with E-state index in [0.29, 0.717) is 5.69 Å². The number of amides is 1. The van der Waals surface area contributed by atoms with Crippen LogP contribution in [0, 0.1) is 11.6 Å². The number of rotatable bonds is 4. The first-order valence-corrected chi connectivity index (χ1v) is 12.1. The summed E-state index contributed by atoms with van der Waals surface area (Å²) in [7, 11) is -4.03. The summed E-state index contributed by atoms with van der Waals surface area (Å²) in [5.41, 5.74) is 0.998. The number of fused-ring (bicyclic) bond motifs is 1. The van der Waals surface area contributed by atoms with Crippen molar-refractivity contribution in [1.82, 2.24) is 0 Å². The van der Waals surface area contributed by atoms with Crippen LogP contribution in [0.5, 0.6) is 5.75 Å². The Kier molecular flexibility index (Phi) is 6.07. The van der Waals surface area contributed by atoms with Crippen molar-refractivity contribution >= 4 is 27.3 Å². The molecular weight excluding hydrogens is 462 g/mol. The lowest BCUT2D eigenvalue weighted by molar-refractivity contribution is -0.122. The molecule has 1 heterocycles. The van der Waals surface area contributed by atoms with E-state index in [0.717, 1.165) is 22.0 Å². The third kappa shape index (κ3) is 4.61. The van der Waals surface area contributed by atoms with Crippen LogP contribution in [-0.2, 0) is 20.2 Å². The van der Waals surface area contributed by atoms with Crippen molar-refractivity contribution in [3.8, 4) is 5.75 Å². The fraction of sp³-hybridized carbons (Fsp3) is 0.240. The van der Waals surface area contributed by atoms with Crippen LogP contribution in [0.4, 0.5) is 20.2 Å². The molecule has 34 heavy (non-hydrogen) atoms.